The van der Waals surface area contributed by atoms with Gasteiger partial charge in [0.25, 0.3) is 11.8 Å². The van der Waals surface area contributed by atoms with Gasteiger partial charge in [-0.3, -0.25) is 14.9 Å². The fraction of sp³-hybridized carbons (Fsp3) is 0.148. The molecule has 0 aliphatic carbocycles. The van der Waals surface area contributed by atoms with Crippen molar-refractivity contribution in [1.82, 2.24) is 5.32 Å². The molecule has 0 aromatic heterocycles. The fourth-order valence-corrected chi connectivity index (χ4v) is 5.16. The standard InChI is InChI=1S/C27H22ClIN2O4/c1-15-8-16(2)10-17(9-15)11-19-22(29)13-18(14-24(19)35-3)12-20-25(32)30-27(34)31(26(20)33)23-7-5-4-6-21(23)28/h4-10,12-14H,11H2,1-3H3,(H,30,32,34)/b20-12+. The van der Waals surface area contributed by atoms with Gasteiger partial charge in [0.15, 0.2) is 0 Å². The number of hydrogen-bond acceptors (Lipinski definition) is 4. The number of methoxy groups -OCH3 is 1. The number of aryl methyl sites for hydroxylation is 2. The number of para-hydroxylation sites is 1. The van der Waals surface area contributed by atoms with Crippen LogP contribution in [0.2, 0.25) is 5.02 Å². The molecule has 1 N–H and O–H groups in total. The molecule has 4 rings (SSSR count). The number of anilines is 1. The van der Waals surface area contributed by atoms with Crippen LogP contribution in [0.4, 0.5) is 10.5 Å². The van der Waals surface area contributed by atoms with E-state index in [-0.39, 0.29) is 16.3 Å². The van der Waals surface area contributed by atoms with Crippen LogP contribution in [-0.4, -0.2) is 25.0 Å². The topological polar surface area (TPSA) is 75.7 Å². The van der Waals surface area contributed by atoms with Gasteiger partial charge < -0.3 is 4.74 Å². The van der Waals surface area contributed by atoms with Crippen molar-refractivity contribution < 1.29 is 19.1 Å². The van der Waals surface area contributed by atoms with E-state index in [0.717, 1.165) is 14.0 Å². The Morgan fingerprint density at radius 2 is 1.71 bits per heavy atom. The quantitative estimate of drug-likeness (QED) is 0.227. The molecule has 6 nitrogen and oxygen atoms in total. The summed E-state index contributed by atoms with van der Waals surface area (Å²) in [5, 5.41) is 2.44. The molecule has 8 heteroatoms. The van der Waals surface area contributed by atoms with Gasteiger partial charge in [0.2, 0.25) is 0 Å². The predicted octanol–water partition coefficient (Wildman–Crippen LogP) is 5.83. The number of urea groups is 1. The van der Waals surface area contributed by atoms with E-state index in [1.165, 1.54) is 22.8 Å². The molecule has 35 heavy (non-hydrogen) atoms. The number of barbiturate groups is 1. The summed E-state index contributed by atoms with van der Waals surface area (Å²) in [6, 6.07) is 15.7. The molecular weight excluding hydrogens is 579 g/mol. The summed E-state index contributed by atoms with van der Waals surface area (Å²) < 4.78 is 6.59. The fourth-order valence-electron chi connectivity index (χ4n) is 4.12. The lowest BCUT2D eigenvalue weighted by Crippen LogP contribution is -2.54. The molecule has 0 bridgehead atoms. The molecule has 0 unspecified atom stereocenters. The second-order valence-electron chi connectivity index (χ2n) is 8.27. The number of carbonyl (C=O) groups excluding carboxylic acids is 3. The number of ether oxygens (including phenoxy) is 1. The van der Waals surface area contributed by atoms with Crippen molar-refractivity contribution >= 4 is 63.8 Å². The third-order valence-corrected chi connectivity index (χ3v) is 6.85. The van der Waals surface area contributed by atoms with Gasteiger partial charge in [-0.15, -0.1) is 0 Å². The number of benzene rings is 3. The van der Waals surface area contributed by atoms with Gasteiger partial charge in [0, 0.05) is 15.6 Å². The molecule has 4 amide bonds. The van der Waals surface area contributed by atoms with E-state index in [1.807, 2.05) is 6.07 Å². The summed E-state index contributed by atoms with van der Waals surface area (Å²) in [6.45, 7) is 4.13. The van der Waals surface area contributed by atoms with E-state index in [9.17, 15) is 14.4 Å². The summed E-state index contributed by atoms with van der Waals surface area (Å²) >= 11 is 8.43. The lowest BCUT2D eigenvalue weighted by molar-refractivity contribution is -0.122. The van der Waals surface area contributed by atoms with Crippen molar-refractivity contribution in [2.75, 3.05) is 12.0 Å². The highest BCUT2D eigenvalue weighted by Crippen LogP contribution is 2.32. The first-order chi connectivity index (χ1) is 16.7. The largest absolute Gasteiger partial charge is 0.496 e. The highest BCUT2D eigenvalue weighted by atomic mass is 127. The second-order valence-corrected chi connectivity index (χ2v) is 9.83. The smallest absolute Gasteiger partial charge is 0.335 e. The van der Waals surface area contributed by atoms with Crippen LogP contribution in [0.1, 0.15) is 27.8 Å². The van der Waals surface area contributed by atoms with Gasteiger partial charge in [-0.1, -0.05) is 53.1 Å². The molecule has 0 saturated carbocycles. The molecule has 0 atom stereocenters. The van der Waals surface area contributed by atoms with Gasteiger partial charge in [-0.2, -0.15) is 0 Å². The van der Waals surface area contributed by atoms with Crippen LogP contribution in [0.5, 0.6) is 5.75 Å². The number of imide groups is 2. The molecule has 3 aromatic rings. The first-order valence-corrected chi connectivity index (χ1v) is 12.2. The minimum absolute atomic E-state index is 0.176. The van der Waals surface area contributed by atoms with Gasteiger partial charge in [0.05, 0.1) is 17.8 Å². The number of hydrogen-bond donors (Lipinski definition) is 1. The van der Waals surface area contributed by atoms with Crippen LogP contribution in [0.3, 0.4) is 0 Å². The normalized spacial score (nSPS) is 14.9. The Bertz CT molecular complexity index is 1380. The summed E-state index contributed by atoms with van der Waals surface area (Å²) in [5.41, 5.74) is 5.18. The summed E-state index contributed by atoms with van der Waals surface area (Å²) in [4.78, 5) is 39.1. The van der Waals surface area contributed by atoms with Crippen molar-refractivity contribution in [3.63, 3.8) is 0 Å². The van der Waals surface area contributed by atoms with Crippen molar-refractivity contribution in [3.05, 3.63) is 96.6 Å². The van der Waals surface area contributed by atoms with E-state index < -0.39 is 17.8 Å². The minimum Gasteiger partial charge on any atom is -0.496 e. The van der Waals surface area contributed by atoms with Crippen molar-refractivity contribution in [2.45, 2.75) is 20.3 Å². The van der Waals surface area contributed by atoms with Crippen LogP contribution < -0.4 is 15.0 Å². The molecule has 1 heterocycles. The Hall–Kier alpha value is -3.17. The average molecular weight is 601 g/mol. The van der Waals surface area contributed by atoms with Gasteiger partial charge in [-0.25, -0.2) is 9.69 Å². The van der Waals surface area contributed by atoms with E-state index in [2.05, 4.69) is 60.0 Å². The summed E-state index contributed by atoms with van der Waals surface area (Å²) in [7, 11) is 1.59. The monoisotopic (exact) mass is 600 g/mol. The molecule has 0 spiro atoms. The minimum atomic E-state index is -0.846. The van der Waals surface area contributed by atoms with Crippen LogP contribution in [0.15, 0.2) is 60.2 Å². The highest BCUT2D eigenvalue weighted by Gasteiger charge is 2.37. The maximum atomic E-state index is 13.2. The Kier molecular flexibility index (Phi) is 7.28. The third kappa shape index (κ3) is 5.26. The first-order valence-electron chi connectivity index (χ1n) is 10.8. The maximum absolute atomic E-state index is 13.2. The lowest BCUT2D eigenvalue weighted by Gasteiger charge is -2.27. The molecule has 1 fully saturated rings. The second kappa shape index (κ2) is 10.2. The number of nitrogens with zero attached hydrogens (tertiary/aromatic N) is 1. The molecule has 3 aromatic carbocycles. The molecule has 1 aliphatic rings. The molecule has 1 aliphatic heterocycles. The van der Waals surface area contributed by atoms with Crippen molar-refractivity contribution in [1.29, 1.82) is 0 Å². The van der Waals surface area contributed by atoms with E-state index >= 15 is 0 Å². The van der Waals surface area contributed by atoms with Crippen LogP contribution in [0.25, 0.3) is 6.08 Å². The average Bonchev–Trinajstić information content (AvgIpc) is 2.78. The van der Waals surface area contributed by atoms with Crippen LogP contribution in [0, 0.1) is 17.4 Å². The molecule has 1 saturated heterocycles. The Morgan fingerprint density at radius 1 is 1.03 bits per heavy atom. The summed E-state index contributed by atoms with van der Waals surface area (Å²) in [5.74, 6) is -0.873. The lowest BCUT2D eigenvalue weighted by atomic mass is 9.98. The maximum Gasteiger partial charge on any atom is 0.335 e. The zero-order valence-corrected chi connectivity index (χ0v) is 22.2. The van der Waals surface area contributed by atoms with Gasteiger partial charge in [0.1, 0.15) is 11.3 Å². The van der Waals surface area contributed by atoms with Crippen molar-refractivity contribution in [2.24, 2.45) is 0 Å². The number of nitrogens with one attached hydrogen (secondary N) is 1. The zero-order valence-electron chi connectivity index (χ0n) is 19.3. The molecular formula is C27H22ClIN2O4. The zero-order chi connectivity index (χ0) is 25.3. The number of carbonyl (C=O) groups is 3. The molecule has 178 valence electrons. The van der Waals surface area contributed by atoms with Gasteiger partial charge in [-0.05, 0) is 77.9 Å². The Balaban J connectivity index is 1.72. The number of amides is 4. The Labute approximate surface area is 222 Å². The van der Waals surface area contributed by atoms with Crippen LogP contribution >= 0.6 is 34.2 Å². The number of halogens is 2. The summed E-state index contributed by atoms with van der Waals surface area (Å²) in [6.07, 6.45) is 2.13. The number of rotatable bonds is 5. The highest BCUT2D eigenvalue weighted by molar-refractivity contribution is 14.1. The van der Waals surface area contributed by atoms with Crippen molar-refractivity contribution in [3.8, 4) is 5.75 Å². The van der Waals surface area contributed by atoms with E-state index in [0.29, 0.717) is 17.7 Å². The Morgan fingerprint density at radius 3 is 2.37 bits per heavy atom. The first kappa shape index (κ1) is 24.9. The van der Waals surface area contributed by atoms with E-state index in [4.69, 9.17) is 16.3 Å². The third-order valence-electron chi connectivity index (χ3n) is 5.57. The predicted molar refractivity (Wildman–Crippen MR) is 145 cm³/mol. The van der Waals surface area contributed by atoms with Gasteiger partial charge >= 0.3 is 6.03 Å². The molecule has 0 radical (unpaired) electrons. The van der Waals surface area contributed by atoms with Crippen LogP contribution in [-0.2, 0) is 16.0 Å². The van der Waals surface area contributed by atoms with E-state index in [1.54, 1.807) is 37.4 Å². The SMILES string of the molecule is COc1cc(/C=C2\C(=O)NC(=O)N(c3ccccc3Cl)C2=O)cc(I)c1Cc1cc(C)cc(C)c1.